The van der Waals surface area contributed by atoms with Gasteiger partial charge in [-0.1, -0.05) is 24.3 Å². The Morgan fingerprint density at radius 1 is 1.24 bits per heavy atom. The predicted molar refractivity (Wildman–Crippen MR) is 89.5 cm³/mol. The molecular formula is C16H15IN2O2. The van der Waals surface area contributed by atoms with E-state index in [2.05, 4.69) is 27.9 Å². The summed E-state index contributed by atoms with van der Waals surface area (Å²) < 4.78 is 6.67. The zero-order valence-electron chi connectivity index (χ0n) is 11.3. The number of ether oxygens (including phenoxy) is 1. The van der Waals surface area contributed by atoms with E-state index in [1.54, 1.807) is 0 Å². The highest BCUT2D eigenvalue weighted by atomic mass is 127. The molecule has 1 aliphatic heterocycles. The predicted octanol–water partition coefficient (Wildman–Crippen LogP) is 2.46. The molecule has 0 saturated heterocycles. The third-order valence-electron chi connectivity index (χ3n) is 3.49. The second-order valence-corrected chi connectivity index (χ2v) is 6.02. The van der Waals surface area contributed by atoms with Crippen molar-refractivity contribution in [3.8, 4) is 5.75 Å². The second kappa shape index (κ2) is 6.03. The number of nitrogens with one attached hydrogen (secondary N) is 1. The number of amides is 1. The van der Waals surface area contributed by atoms with E-state index in [1.807, 2.05) is 42.5 Å². The molecule has 1 unspecified atom stereocenters. The first-order valence-electron chi connectivity index (χ1n) is 6.72. The Balaban J connectivity index is 2.00. The molecule has 2 aromatic rings. The van der Waals surface area contributed by atoms with Gasteiger partial charge in [0.1, 0.15) is 12.4 Å². The molecule has 2 aromatic carbocycles. The molecule has 21 heavy (non-hydrogen) atoms. The molecule has 3 rings (SSSR count). The molecule has 0 fully saturated rings. The Kier molecular flexibility index (Phi) is 4.12. The molecule has 108 valence electrons. The smallest absolute Gasteiger partial charge is 0.255 e. The number of benzene rings is 2. The van der Waals surface area contributed by atoms with Crippen molar-refractivity contribution in [2.24, 2.45) is 5.73 Å². The standard InChI is InChI=1S/C16H15IN2O2/c17-13-4-2-1-3-11(13)15(18)10-5-6-14-12(9-10)16(20)19-7-8-21-14/h1-6,9,15H,7-8,18H2,(H,19,20). The lowest BCUT2D eigenvalue weighted by molar-refractivity contribution is 0.0957. The van der Waals surface area contributed by atoms with E-state index >= 15 is 0 Å². The normalized spacial score (nSPS) is 15.4. The van der Waals surface area contributed by atoms with E-state index in [9.17, 15) is 4.79 Å². The fourth-order valence-electron chi connectivity index (χ4n) is 2.37. The molecule has 3 N–H and O–H groups in total. The van der Waals surface area contributed by atoms with Gasteiger partial charge in [-0.2, -0.15) is 0 Å². The van der Waals surface area contributed by atoms with E-state index in [0.29, 0.717) is 24.5 Å². The molecule has 0 bridgehead atoms. The van der Waals surface area contributed by atoms with Crippen LogP contribution in [0.5, 0.6) is 5.75 Å². The van der Waals surface area contributed by atoms with Crippen molar-refractivity contribution in [1.29, 1.82) is 0 Å². The first kappa shape index (κ1) is 14.3. The molecular weight excluding hydrogens is 379 g/mol. The van der Waals surface area contributed by atoms with Gasteiger partial charge >= 0.3 is 0 Å². The molecule has 4 nitrogen and oxygen atoms in total. The summed E-state index contributed by atoms with van der Waals surface area (Å²) in [5, 5.41) is 2.81. The van der Waals surface area contributed by atoms with Crippen LogP contribution in [0.25, 0.3) is 0 Å². The molecule has 1 heterocycles. The first-order valence-corrected chi connectivity index (χ1v) is 7.79. The van der Waals surface area contributed by atoms with Gasteiger partial charge in [0.2, 0.25) is 0 Å². The van der Waals surface area contributed by atoms with Crippen molar-refractivity contribution >= 4 is 28.5 Å². The summed E-state index contributed by atoms with van der Waals surface area (Å²) in [6.45, 7) is 1.01. The molecule has 0 aliphatic carbocycles. The number of nitrogens with two attached hydrogens (primary N) is 1. The van der Waals surface area contributed by atoms with Gasteiger partial charge in [-0.05, 0) is 51.9 Å². The van der Waals surface area contributed by atoms with Crippen LogP contribution >= 0.6 is 22.6 Å². The maximum atomic E-state index is 12.1. The maximum absolute atomic E-state index is 12.1. The molecule has 1 amide bonds. The monoisotopic (exact) mass is 394 g/mol. The van der Waals surface area contributed by atoms with Crippen LogP contribution in [0.1, 0.15) is 27.5 Å². The fourth-order valence-corrected chi connectivity index (χ4v) is 3.09. The van der Waals surface area contributed by atoms with Gasteiger partial charge in [0.05, 0.1) is 18.2 Å². The molecule has 1 aliphatic rings. The highest BCUT2D eigenvalue weighted by Gasteiger charge is 2.19. The van der Waals surface area contributed by atoms with Gasteiger partial charge in [-0.25, -0.2) is 0 Å². The van der Waals surface area contributed by atoms with Crippen LogP contribution in [0.3, 0.4) is 0 Å². The lowest BCUT2D eigenvalue weighted by Gasteiger charge is -2.16. The molecule has 0 radical (unpaired) electrons. The number of halogens is 1. The fraction of sp³-hybridized carbons (Fsp3) is 0.188. The van der Waals surface area contributed by atoms with Crippen molar-refractivity contribution in [3.63, 3.8) is 0 Å². The zero-order valence-corrected chi connectivity index (χ0v) is 13.5. The number of hydrogen-bond acceptors (Lipinski definition) is 3. The number of fused-ring (bicyclic) bond motifs is 1. The first-order chi connectivity index (χ1) is 10.2. The van der Waals surface area contributed by atoms with Crippen LogP contribution in [0.15, 0.2) is 42.5 Å². The summed E-state index contributed by atoms with van der Waals surface area (Å²) in [6.07, 6.45) is 0. The van der Waals surface area contributed by atoms with Gasteiger partial charge in [-0.15, -0.1) is 0 Å². The van der Waals surface area contributed by atoms with Crippen molar-refractivity contribution in [1.82, 2.24) is 5.32 Å². The highest BCUT2D eigenvalue weighted by Crippen LogP contribution is 2.28. The third kappa shape index (κ3) is 2.89. The lowest BCUT2D eigenvalue weighted by atomic mass is 9.97. The van der Waals surface area contributed by atoms with Crippen molar-refractivity contribution in [3.05, 3.63) is 62.7 Å². The lowest BCUT2D eigenvalue weighted by Crippen LogP contribution is -2.24. The second-order valence-electron chi connectivity index (χ2n) is 4.86. The summed E-state index contributed by atoms with van der Waals surface area (Å²) in [5.74, 6) is 0.503. The number of hydrogen-bond donors (Lipinski definition) is 2. The quantitative estimate of drug-likeness (QED) is 0.770. The van der Waals surface area contributed by atoms with Gasteiger partial charge in [-0.3, -0.25) is 4.79 Å². The van der Waals surface area contributed by atoms with Crippen LogP contribution < -0.4 is 15.8 Å². The Morgan fingerprint density at radius 3 is 2.86 bits per heavy atom. The van der Waals surface area contributed by atoms with Gasteiger partial charge in [0.15, 0.2) is 0 Å². The minimum Gasteiger partial charge on any atom is -0.491 e. The van der Waals surface area contributed by atoms with Gasteiger partial charge in [0.25, 0.3) is 5.91 Å². The summed E-state index contributed by atoms with van der Waals surface area (Å²) in [5.41, 5.74) is 8.86. The minimum atomic E-state index is -0.264. The van der Waals surface area contributed by atoms with Crippen LogP contribution in [-0.2, 0) is 0 Å². The van der Waals surface area contributed by atoms with Crippen molar-refractivity contribution < 1.29 is 9.53 Å². The van der Waals surface area contributed by atoms with E-state index in [1.165, 1.54) is 0 Å². The molecule has 0 saturated carbocycles. The number of carbonyl (C=O) groups is 1. The van der Waals surface area contributed by atoms with E-state index < -0.39 is 0 Å². The summed E-state index contributed by atoms with van der Waals surface area (Å²) in [6, 6.07) is 13.3. The van der Waals surface area contributed by atoms with Gasteiger partial charge < -0.3 is 15.8 Å². The maximum Gasteiger partial charge on any atom is 0.255 e. The topological polar surface area (TPSA) is 64.4 Å². The molecule has 0 spiro atoms. The Morgan fingerprint density at radius 2 is 2.05 bits per heavy atom. The highest BCUT2D eigenvalue weighted by molar-refractivity contribution is 14.1. The van der Waals surface area contributed by atoms with Crippen LogP contribution in [0, 0.1) is 3.57 Å². The van der Waals surface area contributed by atoms with Crippen molar-refractivity contribution in [2.75, 3.05) is 13.2 Å². The largest absolute Gasteiger partial charge is 0.491 e. The summed E-state index contributed by atoms with van der Waals surface area (Å²) in [7, 11) is 0. The molecule has 0 aromatic heterocycles. The third-order valence-corrected chi connectivity index (χ3v) is 4.48. The molecule has 5 heteroatoms. The average molecular weight is 394 g/mol. The Bertz CT molecular complexity index is 688. The minimum absolute atomic E-state index is 0.112. The van der Waals surface area contributed by atoms with Crippen LogP contribution in [-0.4, -0.2) is 19.1 Å². The Labute approximate surface area is 136 Å². The van der Waals surface area contributed by atoms with E-state index in [4.69, 9.17) is 10.5 Å². The summed E-state index contributed by atoms with van der Waals surface area (Å²) >= 11 is 2.27. The number of carbonyl (C=O) groups excluding carboxylic acids is 1. The Hall–Kier alpha value is -1.60. The zero-order chi connectivity index (χ0) is 14.8. The summed E-state index contributed by atoms with van der Waals surface area (Å²) in [4.78, 5) is 12.1. The molecule has 1 atom stereocenters. The van der Waals surface area contributed by atoms with Crippen LogP contribution in [0.4, 0.5) is 0 Å². The SMILES string of the molecule is NC(c1ccc2c(c1)C(=O)NCCO2)c1ccccc1I. The van der Waals surface area contributed by atoms with Crippen LogP contribution in [0.2, 0.25) is 0 Å². The van der Waals surface area contributed by atoms with Crippen molar-refractivity contribution in [2.45, 2.75) is 6.04 Å². The van der Waals surface area contributed by atoms with E-state index in [-0.39, 0.29) is 11.9 Å². The number of rotatable bonds is 2. The average Bonchev–Trinajstić information content (AvgIpc) is 2.69. The van der Waals surface area contributed by atoms with Gasteiger partial charge in [0, 0.05) is 3.57 Å². The van der Waals surface area contributed by atoms with E-state index in [0.717, 1.165) is 14.7 Å².